The second-order valence-electron chi connectivity index (χ2n) is 11.8. The summed E-state index contributed by atoms with van der Waals surface area (Å²) in [7, 11) is 0. The van der Waals surface area contributed by atoms with Gasteiger partial charge in [-0.2, -0.15) is 0 Å². The van der Waals surface area contributed by atoms with Crippen LogP contribution in [-0.4, -0.2) is 96.9 Å². The van der Waals surface area contributed by atoms with Gasteiger partial charge in [0.05, 0.1) is 42.0 Å². The second-order valence-corrected chi connectivity index (χ2v) is 11.8. The number of carbonyl (C=O) groups excluding carboxylic acids is 3. The normalized spacial score (nSPS) is 13.3. The number of hydrogen-bond acceptors (Lipinski definition) is 11. The molecule has 2 aromatic carbocycles. The maximum atomic E-state index is 14.0. The molecule has 3 amide bonds. The fourth-order valence-electron chi connectivity index (χ4n) is 4.95. The summed E-state index contributed by atoms with van der Waals surface area (Å²) in [5, 5.41) is 55.2. The number of anilines is 2. The molecule has 52 heavy (non-hydrogen) atoms. The maximum Gasteiger partial charge on any atom is 0.332 e. The number of rotatable bonds is 17. The highest BCUT2D eigenvalue weighted by Crippen LogP contribution is 2.28. The minimum atomic E-state index is -2.13. The second kappa shape index (κ2) is 17.9. The number of carbonyl (C=O) groups is 4. The zero-order valence-corrected chi connectivity index (χ0v) is 27.8. The van der Waals surface area contributed by atoms with Gasteiger partial charge >= 0.3 is 18.0 Å². The predicted octanol–water partition coefficient (Wildman–Crippen LogP) is 2.93. The lowest BCUT2D eigenvalue weighted by atomic mass is 9.86. The van der Waals surface area contributed by atoms with E-state index >= 15 is 0 Å². The predicted molar refractivity (Wildman–Crippen MR) is 183 cm³/mol. The minimum Gasteiger partial charge on any atom is -0.481 e. The van der Waals surface area contributed by atoms with E-state index in [0.29, 0.717) is 28.6 Å². The molecular formula is C35H38FN5O11. The number of amides is 3. The number of aliphatic hydroxyl groups is 4. The van der Waals surface area contributed by atoms with E-state index in [4.69, 9.17) is 14.6 Å². The lowest BCUT2D eigenvalue weighted by Gasteiger charge is -2.33. The minimum absolute atomic E-state index is 0.0123. The van der Waals surface area contributed by atoms with Crippen LogP contribution in [0.15, 0.2) is 73.1 Å². The largest absolute Gasteiger partial charge is 0.481 e. The smallest absolute Gasteiger partial charge is 0.332 e. The third-order valence-corrected chi connectivity index (χ3v) is 7.59. The molecule has 0 saturated heterocycles. The lowest BCUT2D eigenvalue weighted by molar-refractivity contribution is -0.157. The van der Waals surface area contributed by atoms with Gasteiger partial charge in [-0.1, -0.05) is 6.07 Å². The fourth-order valence-corrected chi connectivity index (χ4v) is 4.95. The molecule has 0 saturated carbocycles. The Hall–Kier alpha value is -5.88. The van der Waals surface area contributed by atoms with Crippen LogP contribution in [0, 0.1) is 12.7 Å². The van der Waals surface area contributed by atoms with E-state index in [0.717, 1.165) is 5.56 Å². The highest BCUT2D eigenvalue weighted by Gasteiger charge is 2.44. The SMILES string of the molecule is Cc1ccc(F)c(NC(=O)Nc2ccc(Oc3ccnc(-c4cc(C(=O)NC(CCC(=O)O)(CC(O)CO)C(=O)OCC(O)CO)c[nH]4)c3)cc2)c1. The van der Waals surface area contributed by atoms with Crippen LogP contribution in [0.2, 0.25) is 0 Å². The van der Waals surface area contributed by atoms with Crippen LogP contribution in [0.3, 0.4) is 0 Å². The van der Waals surface area contributed by atoms with Crippen LogP contribution in [0.1, 0.15) is 35.2 Å². The van der Waals surface area contributed by atoms with Crippen LogP contribution in [0.25, 0.3) is 11.4 Å². The number of aryl methyl sites for hydroxylation is 1. The van der Waals surface area contributed by atoms with E-state index in [1.54, 1.807) is 49.4 Å². The van der Waals surface area contributed by atoms with Gasteiger partial charge in [-0.3, -0.25) is 14.6 Å². The number of carboxylic acid groups (broad SMARTS) is 1. The van der Waals surface area contributed by atoms with Gasteiger partial charge in [0, 0.05) is 37.0 Å². The van der Waals surface area contributed by atoms with Crippen molar-refractivity contribution in [2.24, 2.45) is 0 Å². The van der Waals surface area contributed by atoms with E-state index in [9.17, 15) is 44.0 Å². The Labute approximate surface area is 296 Å². The number of aliphatic carboxylic acids is 1. The molecule has 0 bridgehead atoms. The molecule has 17 heteroatoms. The van der Waals surface area contributed by atoms with E-state index in [1.165, 1.54) is 30.6 Å². The number of H-pyrrole nitrogens is 1. The first-order valence-electron chi connectivity index (χ1n) is 15.9. The Kier molecular flexibility index (Phi) is 13.4. The summed E-state index contributed by atoms with van der Waals surface area (Å²) in [4.78, 5) is 57.6. The number of benzene rings is 2. The third-order valence-electron chi connectivity index (χ3n) is 7.59. The average molecular weight is 724 g/mol. The lowest BCUT2D eigenvalue weighted by Crippen LogP contribution is -2.57. The highest BCUT2D eigenvalue weighted by atomic mass is 19.1. The fraction of sp³-hybridized carbons (Fsp3) is 0.286. The number of esters is 1. The molecule has 0 aliphatic carbocycles. The van der Waals surface area contributed by atoms with Crippen molar-refractivity contribution in [3.8, 4) is 22.9 Å². The van der Waals surface area contributed by atoms with Gasteiger partial charge in [0.25, 0.3) is 5.91 Å². The molecule has 3 unspecified atom stereocenters. The molecule has 3 atom stereocenters. The third kappa shape index (κ3) is 10.8. The zero-order chi connectivity index (χ0) is 37.8. The molecule has 4 rings (SSSR count). The van der Waals surface area contributed by atoms with Crippen molar-refractivity contribution in [2.75, 3.05) is 30.5 Å². The van der Waals surface area contributed by atoms with Crippen LogP contribution in [0.5, 0.6) is 11.5 Å². The van der Waals surface area contributed by atoms with Gasteiger partial charge < -0.3 is 55.9 Å². The number of carboxylic acids is 1. The van der Waals surface area contributed by atoms with E-state index in [1.807, 2.05) is 0 Å². The number of nitrogens with zero attached hydrogens (tertiary/aromatic N) is 1. The van der Waals surface area contributed by atoms with E-state index in [2.05, 4.69) is 25.9 Å². The number of urea groups is 1. The summed E-state index contributed by atoms with van der Waals surface area (Å²) in [6, 6.07) is 14.6. The molecule has 0 aliphatic heterocycles. The first kappa shape index (κ1) is 38.9. The standard InChI is InChI=1S/C35H38FN5O11/c1-20-2-7-27(36)28(12-20)40-34(50)39-22-3-5-25(6-4-22)52-26-9-11-37-30(14-26)29-13-21(16-38-29)32(48)41-35(10-8-31(46)47,15-23(44)17-42)33(49)51-19-24(45)18-43/h2-7,9,11-14,16,23-24,38,42-45H,8,10,15,17-19H2,1H3,(H,41,48)(H,46,47)(H2,39,40,50). The summed E-state index contributed by atoms with van der Waals surface area (Å²) in [5.41, 5.74) is -0.211. The molecule has 0 fully saturated rings. The number of ether oxygens (including phenoxy) is 2. The average Bonchev–Trinajstić information content (AvgIpc) is 3.63. The summed E-state index contributed by atoms with van der Waals surface area (Å²) < 4.78 is 25.0. The van der Waals surface area contributed by atoms with Crippen LogP contribution in [0.4, 0.5) is 20.6 Å². The first-order valence-corrected chi connectivity index (χ1v) is 15.9. The quantitative estimate of drug-likeness (QED) is 0.0714. The number of aliphatic hydroxyl groups excluding tert-OH is 4. The number of aromatic amines is 1. The highest BCUT2D eigenvalue weighted by molar-refractivity contribution is 6.00. The van der Waals surface area contributed by atoms with Crippen molar-refractivity contribution in [2.45, 2.75) is 43.9 Å². The van der Waals surface area contributed by atoms with Crippen LogP contribution in [-0.2, 0) is 14.3 Å². The monoisotopic (exact) mass is 723 g/mol. The number of nitrogens with one attached hydrogen (secondary N) is 4. The summed E-state index contributed by atoms with van der Waals surface area (Å²) in [6.45, 7) is -0.460. The van der Waals surface area contributed by atoms with Crippen molar-refractivity contribution in [3.63, 3.8) is 0 Å². The molecule has 276 valence electrons. The van der Waals surface area contributed by atoms with Crippen molar-refractivity contribution in [3.05, 3.63) is 90.0 Å². The molecule has 0 radical (unpaired) electrons. The number of hydrogen-bond donors (Lipinski definition) is 9. The van der Waals surface area contributed by atoms with Gasteiger partial charge in [-0.05, 0) is 67.4 Å². The zero-order valence-electron chi connectivity index (χ0n) is 27.8. The van der Waals surface area contributed by atoms with Crippen LogP contribution >= 0.6 is 0 Å². The van der Waals surface area contributed by atoms with Crippen molar-refractivity contribution in [1.82, 2.24) is 15.3 Å². The van der Waals surface area contributed by atoms with Crippen molar-refractivity contribution in [1.29, 1.82) is 0 Å². The van der Waals surface area contributed by atoms with Gasteiger partial charge in [0.1, 0.15) is 35.6 Å². The Balaban J connectivity index is 1.45. The Bertz CT molecular complexity index is 1870. The van der Waals surface area contributed by atoms with Gasteiger partial charge in [0.15, 0.2) is 0 Å². The van der Waals surface area contributed by atoms with Gasteiger partial charge in [-0.25, -0.2) is 14.0 Å². The molecule has 0 aliphatic rings. The summed E-state index contributed by atoms with van der Waals surface area (Å²) in [5.74, 6) is -3.17. The molecule has 9 N–H and O–H groups in total. The van der Waals surface area contributed by atoms with Gasteiger partial charge in [-0.15, -0.1) is 0 Å². The number of aromatic nitrogens is 2. The Morgan fingerprint density at radius 3 is 2.37 bits per heavy atom. The van der Waals surface area contributed by atoms with Crippen molar-refractivity contribution >= 4 is 35.3 Å². The molecule has 16 nitrogen and oxygen atoms in total. The summed E-state index contributed by atoms with van der Waals surface area (Å²) in [6.07, 6.45) is -2.02. The first-order chi connectivity index (χ1) is 24.8. The molecular weight excluding hydrogens is 685 g/mol. The van der Waals surface area contributed by atoms with Gasteiger partial charge in [0.2, 0.25) is 0 Å². The summed E-state index contributed by atoms with van der Waals surface area (Å²) >= 11 is 0. The van der Waals surface area contributed by atoms with Crippen LogP contribution < -0.4 is 20.7 Å². The number of halogens is 1. The molecule has 2 aromatic heterocycles. The molecule has 2 heterocycles. The van der Waals surface area contributed by atoms with E-state index in [-0.39, 0.29) is 11.3 Å². The topological polar surface area (TPSA) is 253 Å². The number of pyridine rings is 1. The van der Waals surface area contributed by atoms with Crippen molar-refractivity contribution < 1.29 is 58.6 Å². The Morgan fingerprint density at radius 1 is 0.942 bits per heavy atom. The molecule has 0 spiro atoms. The Morgan fingerprint density at radius 2 is 1.67 bits per heavy atom. The maximum absolute atomic E-state index is 14.0. The molecule has 4 aromatic rings. The van der Waals surface area contributed by atoms with E-state index < -0.39 is 86.5 Å².